The highest BCUT2D eigenvalue weighted by Gasteiger charge is 2.30. The van der Waals surface area contributed by atoms with Crippen molar-refractivity contribution in [3.63, 3.8) is 0 Å². The third kappa shape index (κ3) is 5.18. The van der Waals surface area contributed by atoms with E-state index < -0.39 is 33.9 Å². The van der Waals surface area contributed by atoms with E-state index in [-0.39, 0.29) is 17.2 Å². The molecule has 2 aromatic rings. The first kappa shape index (κ1) is 20.2. The number of nitrogens with one attached hydrogen (secondary N) is 2. The molecule has 0 amide bonds. The zero-order chi connectivity index (χ0) is 20.9. The molecule has 0 heterocycles. The summed E-state index contributed by atoms with van der Waals surface area (Å²) >= 11 is 0. The molecule has 9 nitrogen and oxygen atoms in total. The van der Waals surface area contributed by atoms with Crippen molar-refractivity contribution in [2.45, 2.75) is 6.18 Å². The Morgan fingerprint density at radius 3 is 2.57 bits per heavy atom. The van der Waals surface area contributed by atoms with Crippen LogP contribution in [0.2, 0.25) is 0 Å². The summed E-state index contributed by atoms with van der Waals surface area (Å²) in [5.41, 5.74) is 5.59. The van der Waals surface area contributed by atoms with E-state index in [2.05, 4.69) is 10.5 Å². The number of halogens is 3. The van der Waals surface area contributed by atoms with Crippen LogP contribution < -0.4 is 15.9 Å². The molecule has 0 spiro atoms. The second kappa shape index (κ2) is 8.04. The van der Waals surface area contributed by atoms with Crippen molar-refractivity contribution in [2.75, 3.05) is 5.43 Å². The van der Waals surface area contributed by atoms with E-state index in [4.69, 9.17) is 21.1 Å². The first-order valence-corrected chi connectivity index (χ1v) is 7.33. The Balaban J connectivity index is 2.37. The number of anilines is 1. The summed E-state index contributed by atoms with van der Waals surface area (Å²) in [7, 11) is 0. The van der Waals surface area contributed by atoms with Crippen LogP contribution in [0.3, 0.4) is 0 Å². The fraction of sp³-hybridized carbons (Fsp3) is 0.0625. The number of non-ortho nitro benzene ring substituents is 1. The van der Waals surface area contributed by atoms with Crippen LogP contribution in [0.15, 0.2) is 47.6 Å². The minimum absolute atomic E-state index is 0.00910. The summed E-state index contributed by atoms with van der Waals surface area (Å²) in [5, 5.41) is 30.6. The zero-order valence-electron chi connectivity index (χ0n) is 13.8. The van der Waals surface area contributed by atoms with E-state index in [1.165, 1.54) is 12.1 Å². The second-order valence-corrected chi connectivity index (χ2v) is 5.20. The molecule has 4 N–H and O–H groups in total. The van der Waals surface area contributed by atoms with Gasteiger partial charge in [-0.05, 0) is 18.2 Å². The summed E-state index contributed by atoms with van der Waals surface area (Å²) in [6.45, 7) is 0. The third-order valence-corrected chi connectivity index (χ3v) is 3.16. The molecule has 0 aliphatic rings. The maximum absolute atomic E-state index is 12.8. The van der Waals surface area contributed by atoms with Gasteiger partial charge in [-0.25, -0.2) is 0 Å². The number of nitro groups is 1. The molecule has 0 atom stereocenters. The molecule has 0 radical (unpaired) electrons. The highest BCUT2D eigenvalue weighted by Crippen LogP contribution is 2.34. The predicted octanol–water partition coefficient (Wildman–Crippen LogP) is 3.63. The smallest absolute Gasteiger partial charge is 0.416 e. The highest BCUT2D eigenvalue weighted by molar-refractivity contribution is 6.45. The highest BCUT2D eigenvalue weighted by atomic mass is 19.4. The molecule has 0 bridgehead atoms. The van der Waals surface area contributed by atoms with Crippen LogP contribution in [-0.4, -0.2) is 16.5 Å². The first-order chi connectivity index (χ1) is 13.1. The number of nitro benzene ring substituents is 1. The van der Waals surface area contributed by atoms with Crippen LogP contribution in [-0.2, 0) is 6.18 Å². The SMILES string of the molecule is N#C/C(=N\Nc1cc(Oc2cccc(C(F)(F)F)c2)cc([N+](=O)[O-])c1)C(=N)N. The molecule has 144 valence electrons. The average molecular weight is 392 g/mol. The molecule has 0 aliphatic heterocycles. The Morgan fingerprint density at radius 1 is 1.29 bits per heavy atom. The van der Waals surface area contributed by atoms with Gasteiger partial charge in [0.25, 0.3) is 5.69 Å². The maximum Gasteiger partial charge on any atom is 0.416 e. The number of nitrogens with zero attached hydrogens (tertiary/aromatic N) is 3. The number of hydrogen-bond donors (Lipinski definition) is 3. The van der Waals surface area contributed by atoms with Gasteiger partial charge in [0.15, 0.2) is 5.84 Å². The topological polar surface area (TPSA) is 150 Å². The van der Waals surface area contributed by atoms with Gasteiger partial charge in [-0.1, -0.05) is 6.07 Å². The lowest BCUT2D eigenvalue weighted by Gasteiger charge is -2.11. The number of nitrogens with two attached hydrogens (primary N) is 1. The van der Waals surface area contributed by atoms with Crippen LogP contribution in [0.5, 0.6) is 11.5 Å². The summed E-state index contributed by atoms with van der Waals surface area (Å²) in [6, 6.07) is 8.80. The molecular formula is C16H11F3N6O3. The van der Waals surface area contributed by atoms with Gasteiger partial charge in [0.1, 0.15) is 17.6 Å². The third-order valence-electron chi connectivity index (χ3n) is 3.16. The number of ether oxygens (including phenoxy) is 1. The van der Waals surface area contributed by atoms with E-state index >= 15 is 0 Å². The molecule has 2 rings (SSSR count). The van der Waals surface area contributed by atoms with Gasteiger partial charge in [-0.15, -0.1) is 0 Å². The van der Waals surface area contributed by atoms with Gasteiger partial charge < -0.3 is 10.5 Å². The number of nitriles is 1. The van der Waals surface area contributed by atoms with E-state index in [1.807, 2.05) is 0 Å². The Labute approximate surface area is 155 Å². The number of hydrogen-bond acceptors (Lipinski definition) is 7. The Morgan fingerprint density at radius 2 is 2.00 bits per heavy atom. The predicted molar refractivity (Wildman–Crippen MR) is 93.2 cm³/mol. The van der Waals surface area contributed by atoms with Gasteiger partial charge in [0.2, 0.25) is 5.71 Å². The molecule has 0 saturated carbocycles. The van der Waals surface area contributed by atoms with Crippen molar-refractivity contribution in [1.29, 1.82) is 10.7 Å². The summed E-state index contributed by atoms with van der Waals surface area (Å²) in [4.78, 5) is 10.3. The van der Waals surface area contributed by atoms with Crippen LogP contribution >= 0.6 is 0 Å². The van der Waals surface area contributed by atoms with Gasteiger partial charge in [-0.3, -0.25) is 20.9 Å². The minimum Gasteiger partial charge on any atom is -0.457 e. The minimum atomic E-state index is -4.58. The van der Waals surface area contributed by atoms with Crippen molar-refractivity contribution < 1.29 is 22.8 Å². The average Bonchev–Trinajstić information content (AvgIpc) is 2.61. The summed E-state index contributed by atoms with van der Waals surface area (Å²) in [5.74, 6) is -0.959. The Bertz CT molecular complexity index is 998. The van der Waals surface area contributed by atoms with Gasteiger partial charge in [-0.2, -0.15) is 23.5 Å². The molecule has 28 heavy (non-hydrogen) atoms. The normalized spacial score (nSPS) is 11.4. The molecule has 0 aromatic heterocycles. The van der Waals surface area contributed by atoms with Gasteiger partial charge in [0.05, 0.1) is 22.2 Å². The first-order valence-electron chi connectivity index (χ1n) is 7.33. The monoisotopic (exact) mass is 392 g/mol. The lowest BCUT2D eigenvalue weighted by Crippen LogP contribution is -2.21. The molecule has 0 aliphatic carbocycles. The molecule has 2 aromatic carbocycles. The number of hydrazone groups is 1. The number of rotatable bonds is 6. The van der Waals surface area contributed by atoms with Crippen molar-refractivity contribution in [3.05, 3.63) is 58.1 Å². The van der Waals surface area contributed by atoms with Crippen molar-refractivity contribution in [1.82, 2.24) is 0 Å². The standard InChI is InChI=1S/C16H11F3N6O3/c17-16(18,19)9-2-1-3-12(4-9)28-13-6-10(5-11(7-13)25(26)27)23-24-14(8-20)15(21)22/h1-7,23H,(H3,21,22)/b24-14+. The Hall–Kier alpha value is -4.14. The van der Waals surface area contributed by atoms with Gasteiger partial charge >= 0.3 is 6.18 Å². The number of benzene rings is 2. The molecule has 0 unspecified atom stereocenters. The van der Waals surface area contributed by atoms with Crippen LogP contribution in [0.4, 0.5) is 24.5 Å². The largest absolute Gasteiger partial charge is 0.457 e. The van der Waals surface area contributed by atoms with Gasteiger partial charge in [0, 0.05) is 12.1 Å². The zero-order valence-corrected chi connectivity index (χ0v) is 13.8. The number of amidine groups is 1. The maximum atomic E-state index is 12.8. The Kier molecular flexibility index (Phi) is 5.79. The molecular weight excluding hydrogens is 381 g/mol. The van der Waals surface area contributed by atoms with E-state index in [9.17, 15) is 23.3 Å². The summed E-state index contributed by atoms with van der Waals surface area (Å²) in [6.07, 6.45) is -4.58. The summed E-state index contributed by atoms with van der Waals surface area (Å²) < 4.78 is 43.7. The molecule has 0 fully saturated rings. The van der Waals surface area contributed by atoms with Crippen LogP contribution in [0.1, 0.15) is 5.56 Å². The van der Waals surface area contributed by atoms with Crippen molar-refractivity contribution in [2.24, 2.45) is 10.8 Å². The molecule has 12 heteroatoms. The fourth-order valence-electron chi connectivity index (χ4n) is 1.95. The van der Waals surface area contributed by atoms with E-state index in [0.29, 0.717) is 0 Å². The second-order valence-electron chi connectivity index (χ2n) is 5.20. The van der Waals surface area contributed by atoms with E-state index in [1.54, 1.807) is 6.07 Å². The van der Waals surface area contributed by atoms with Crippen molar-refractivity contribution in [3.8, 4) is 17.6 Å². The van der Waals surface area contributed by atoms with Crippen LogP contribution in [0.25, 0.3) is 0 Å². The fourth-order valence-corrected chi connectivity index (χ4v) is 1.95. The van der Waals surface area contributed by atoms with Crippen molar-refractivity contribution >= 4 is 22.9 Å². The lowest BCUT2D eigenvalue weighted by atomic mass is 10.2. The quantitative estimate of drug-likeness (QED) is 0.296. The molecule has 0 saturated heterocycles. The lowest BCUT2D eigenvalue weighted by molar-refractivity contribution is -0.384. The van der Waals surface area contributed by atoms with Crippen LogP contribution in [0, 0.1) is 26.9 Å². The number of alkyl halides is 3. The van der Waals surface area contributed by atoms with E-state index in [0.717, 1.165) is 30.3 Å².